The molecule has 0 bridgehead atoms. The van der Waals surface area contributed by atoms with Crippen molar-refractivity contribution in [2.24, 2.45) is 0 Å². The van der Waals surface area contributed by atoms with Crippen LogP contribution in [0.3, 0.4) is 0 Å². The van der Waals surface area contributed by atoms with Gasteiger partial charge in [-0.1, -0.05) is 0 Å². The van der Waals surface area contributed by atoms with E-state index in [9.17, 15) is 0 Å². The summed E-state index contributed by atoms with van der Waals surface area (Å²) in [4.78, 5) is 0. The van der Waals surface area contributed by atoms with Crippen molar-refractivity contribution in [3.05, 3.63) is 0 Å². The van der Waals surface area contributed by atoms with Crippen LogP contribution in [0, 0.1) is 0 Å². The average Bonchev–Trinajstić information content (AvgIpc) is 0.918. The van der Waals surface area contributed by atoms with Gasteiger partial charge in [-0.05, 0) is 0 Å². The molecule has 5 heavy (non-hydrogen) atoms. The second kappa shape index (κ2) is 16.4. The summed E-state index contributed by atoms with van der Waals surface area (Å²) in [7, 11) is 0. The summed E-state index contributed by atoms with van der Waals surface area (Å²) in [6.07, 6.45) is 0. The normalized spacial score (nSPS) is 1.60. The van der Waals surface area contributed by atoms with E-state index in [1.165, 1.54) is 5.43 Å². The Bertz CT molecular complexity index is 17.1. The van der Waals surface area contributed by atoms with Crippen molar-refractivity contribution >= 4 is 30.0 Å². The predicted molar refractivity (Wildman–Crippen MR) is 20.7 cm³/mol. The molecule has 0 amide bonds. The zero-order chi connectivity index (χ0) is 2.71. The Morgan fingerprint density at radius 1 is 1.60 bits per heavy atom. The predicted octanol–water partition coefficient (Wildman–Crippen LogP) is 0.260. The summed E-state index contributed by atoms with van der Waals surface area (Å²) in [6.45, 7) is 0. The van der Waals surface area contributed by atoms with Gasteiger partial charge in [0, 0.05) is 51.3 Å². The fraction of sp³-hybridized carbons (Fsp3) is 0. The second-order valence-corrected chi connectivity index (χ2v) is 0.866. The summed E-state index contributed by atoms with van der Waals surface area (Å²) in [5.41, 5.74) is 1.17. The molecular formula is BS2VY-. The Balaban J connectivity index is -0.0000000200. The first-order chi connectivity index (χ1) is 1.41. The maximum Gasteiger partial charge on any atom is 0 e. The van der Waals surface area contributed by atoms with E-state index in [1.54, 1.807) is 0 Å². The van der Waals surface area contributed by atoms with Gasteiger partial charge in [-0.25, -0.2) is 0 Å². The standard InChI is InChI=1S/BS2.V.Y/c2-1-3;;/q-1;;. The van der Waals surface area contributed by atoms with Crippen LogP contribution in [0.15, 0.2) is 0 Å². The molecule has 0 nitrogen and oxygen atoms in total. The molecule has 0 unspecified atom stereocenters. The molecule has 2 radical (unpaired) electrons. The van der Waals surface area contributed by atoms with E-state index in [4.69, 9.17) is 0 Å². The van der Waals surface area contributed by atoms with Gasteiger partial charge in [0.15, 0.2) is 0 Å². The number of hydrogen-bond acceptors (Lipinski definition) is 2. The van der Waals surface area contributed by atoms with Crippen LogP contribution in [0.1, 0.15) is 0 Å². The minimum atomic E-state index is 0. The first-order valence-corrected chi connectivity index (χ1v) is 1.41. The smallest absolute Gasteiger partial charge is 0 e. The van der Waals surface area contributed by atoms with Gasteiger partial charge in [-0.3, -0.25) is 0 Å². The van der Waals surface area contributed by atoms with E-state index in [2.05, 4.69) is 24.5 Å². The van der Waals surface area contributed by atoms with Gasteiger partial charge in [-0.15, -0.1) is 0 Å². The van der Waals surface area contributed by atoms with Gasteiger partial charge in [0.25, 0.3) is 0 Å². The molecule has 0 atom stereocenters. The Labute approximate surface area is 80.0 Å². The molecule has 0 fully saturated rings. The van der Waals surface area contributed by atoms with E-state index in [0.717, 1.165) is 0 Å². The van der Waals surface area contributed by atoms with Crippen molar-refractivity contribution in [2.45, 2.75) is 0 Å². The first kappa shape index (κ1) is 15.7. The van der Waals surface area contributed by atoms with Crippen LogP contribution in [0.4, 0.5) is 0 Å². The Morgan fingerprint density at radius 3 is 1.60 bits per heavy atom. The molecule has 0 saturated carbocycles. The molecule has 0 rings (SSSR count). The van der Waals surface area contributed by atoms with E-state index in [1.807, 2.05) is 0 Å². The van der Waals surface area contributed by atoms with Gasteiger partial charge >= 0.3 is 30.0 Å². The molecule has 0 aliphatic heterocycles. The van der Waals surface area contributed by atoms with Crippen molar-refractivity contribution in [1.82, 2.24) is 0 Å². The zero-order valence-corrected chi connectivity index (χ0v) is 8.29. The summed E-state index contributed by atoms with van der Waals surface area (Å²) < 4.78 is 0. The summed E-state index contributed by atoms with van der Waals surface area (Å²) in [6, 6.07) is 0. The van der Waals surface area contributed by atoms with Crippen molar-refractivity contribution < 1.29 is 51.3 Å². The molecule has 0 N–H and O–H groups in total. The SMILES string of the molecule is S=B[S-].[V].[Y]. The molecule has 5 heteroatoms. The van der Waals surface area contributed by atoms with Crippen LogP contribution in [0.25, 0.3) is 0 Å². The molecule has 0 spiro atoms. The van der Waals surface area contributed by atoms with Gasteiger partial charge < -0.3 is 0 Å². The quantitative estimate of drug-likeness (QED) is 0.419. The molecule has 0 aromatic rings. The topological polar surface area (TPSA) is 0 Å². The minimum absolute atomic E-state index is 0. The average molecular weight is 215 g/mol. The maximum atomic E-state index is 4.08. The van der Waals surface area contributed by atoms with Gasteiger partial charge in [0.2, 0.25) is 0 Å². The van der Waals surface area contributed by atoms with Gasteiger partial charge in [-0.2, -0.15) is 0 Å². The third-order valence-electron chi connectivity index (χ3n) is 0. The molecule has 0 heterocycles. The van der Waals surface area contributed by atoms with E-state index < -0.39 is 0 Å². The summed E-state index contributed by atoms with van der Waals surface area (Å²) >= 11 is 8.17. The van der Waals surface area contributed by atoms with Crippen LogP contribution in [-0.2, 0) is 63.7 Å². The van der Waals surface area contributed by atoms with Crippen molar-refractivity contribution in [3.8, 4) is 0 Å². The Hall–Kier alpha value is 2.19. The van der Waals surface area contributed by atoms with Crippen LogP contribution in [-0.4, -0.2) is 5.43 Å². The van der Waals surface area contributed by atoms with E-state index >= 15 is 0 Å². The monoisotopic (exact) mass is 215 g/mol. The fourth-order valence-corrected chi connectivity index (χ4v) is 0. The third-order valence-corrected chi connectivity index (χ3v) is 0. The number of hydrogen-bond donors (Lipinski definition) is 0. The number of rotatable bonds is 0. The van der Waals surface area contributed by atoms with E-state index in [-0.39, 0.29) is 51.3 Å². The van der Waals surface area contributed by atoms with Crippen LogP contribution >= 0.6 is 12.1 Å². The molecule has 0 saturated heterocycles. The van der Waals surface area contributed by atoms with Gasteiger partial charge in [0.1, 0.15) is 0 Å². The molecule has 24 valence electrons. The molecule has 0 aromatic heterocycles. The van der Waals surface area contributed by atoms with Crippen LogP contribution < -0.4 is 0 Å². The van der Waals surface area contributed by atoms with Crippen LogP contribution in [0.5, 0.6) is 0 Å². The molecule has 0 aromatic carbocycles. The third kappa shape index (κ3) is 22.6. The Kier molecular flexibility index (Phi) is 51.4. The fourth-order valence-electron chi connectivity index (χ4n) is 0. The van der Waals surface area contributed by atoms with Crippen molar-refractivity contribution in [1.29, 1.82) is 0 Å². The largest absolute Gasteiger partial charge is 0 e. The minimum Gasteiger partial charge on any atom is 0 e. The summed E-state index contributed by atoms with van der Waals surface area (Å²) in [5, 5.41) is 0. The van der Waals surface area contributed by atoms with Crippen molar-refractivity contribution in [3.63, 3.8) is 0 Å². The van der Waals surface area contributed by atoms with Gasteiger partial charge in [0.05, 0.1) is 0 Å². The zero-order valence-electron chi connectivity index (χ0n) is 2.42. The second-order valence-electron chi connectivity index (χ2n) is 0.0962. The molecule has 0 aliphatic rings. The van der Waals surface area contributed by atoms with Crippen LogP contribution in [0.2, 0.25) is 0 Å². The van der Waals surface area contributed by atoms with E-state index in [0.29, 0.717) is 0 Å². The van der Waals surface area contributed by atoms with Crippen molar-refractivity contribution in [2.75, 3.05) is 0 Å². The molecule has 0 aliphatic carbocycles. The Morgan fingerprint density at radius 2 is 1.60 bits per heavy atom. The molecular weight excluding hydrogens is 215 g/mol. The summed E-state index contributed by atoms with van der Waals surface area (Å²) in [5.74, 6) is 0. The maximum absolute atomic E-state index is 4.08. The first-order valence-electron chi connectivity index (χ1n) is 0.471.